The number of rotatable bonds is 7. The average molecular weight is 286 g/mol. The van der Waals surface area contributed by atoms with Crippen LogP contribution in [0.2, 0.25) is 0 Å². The van der Waals surface area contributed by atoms with Crippen LogP contribution in [0.1, 0.15) is 20.3 Å². The Bertz CT molecular complexity index is 559. The van der Waals surface area contributed by atoms with Crippen LogP contribution in [0.5, 0.6) is 0 Å². The summed E-state index contributed by atoms with van der Waals surface area (Å²) in [5.41, 5.74) is 0.969. The number of nitrogens with one attached hydrogen (secondary N) is 2. The van der Waals surface area contributed by atoms with Crippen LogP contribution in [0.4, 0.5) is 11.6 Å². The zero-order valence-corrected chi connectivity index (χ0v) is 12.5. The van der Waals surface area contributed by atoms with Gasteiger partial charge in [0.1, 0.15) is 11.6 Å². The van der Waals surface area contributed by atoms with E-state index in [1.807, 2.05) is 50.2 Å². The summed E-state index contributed by atoms with van der Waals surface area (Å²) in [6, 6.07) is 11.7. The Morgan fingerprint density at radius 1 is 1.05 bits per heavy atom. The van der Waals surface area contributed by atoms with Gasteiger partial charge in [0.15, 0.2) is 5.82 Å². The van der Waals surface area contributed by atoms with Crippen molar-refractivity contribution in [3.63, 3.8) is 0 Å². The molecule has 0 saturated carbocycles. The SMILES string of the molecule is CCNc1cc(NCC(O)CC)nc(-c2ccccc2)n1. The largest absolute Gasteiger partial charge is 0.391 e. The number of aromatic nitrogens is 2. The highest BCUT2D eigenvalue weighted by Crippen LogP contribution is 2.20. The molecule has 112 valence electrons. The van der Waals surface area contributed by atoms with Crippen molar-refractivity contribution >= 4 is 11.6 Å². The highest BCUT2D eigenvalue weighted by Gasteiger charge is 2.07. The maximum Gasteiger partial charge on any atom is 0.163 e. The van der Waals surface area contributed by atoms with Crippen LogP contribution in [-0.4, -0.2) is 34.3 Å². The topological polar surface area (TPSA) is 70.1 Å². The number of anilines is 2. The summed E-state index contributed by atoms with van der Waals surface area (Å²) in [5, 5.41) is 16.0. The second-order valence-corrected chi connectivity index (χ2v) is 4.80. The molecule has 1 heterocycles. The lowest BCUT2D eigenvalue weighted by Gasteiger charge is -2.13. The van der Waals surface area contributed by atoms with Crippen molar-refractivity contribution in [2.75, 3.05) is 23.7 Å². The molecule has 2 rings (SSSR count). The Morgan fingerprint density at radius 3 is 2.33 bits per heavy atom. The van der Waals surface area contributed by atoms with Gasteiger partial charge < -0.3 is 15.7 Å². The van der Waals surface area contributed by atoms with Crippen molar-refractivity contribution < 1.29 is 5.11 Å². The standard InChI is InChI=1S/C16H22N4O/c1-3-13(21)11-18-15-10-14(17-4-2)19-16(20-15)12-8-6-5-7-9-12/h5-10,13,21H,3-4,11H2,1-2H3,(H2,17,18,19,20). The quantitative estimate of drug-likeness (QED) is 0.730. The Kier molecular flexibility index (Phi) is 5.51. The number of aliphatic hydroxyl groups excluding tert-OH is 1. The van der Waals surface area contributed by atoms with Crippen molar-refractivity contribution in [3.8, 4) is 11.4 Å². The van der Waals surface area contributed by atoms with Gasteiger partial charge in [-0.05, 0) is 13.3 Å². The fourth-order valence-corrected chi connectivity index (χ4v) is 1.89. The molecule has 2 aromatic rings. The van der Waals surface area contributed by atoms with E-state index in [9.17, 15) is 5.11 Å². The molecule has 0 spiro atoms. The minimum absolute atomic E-state index is 0.372. The molecule has 1 atom stereocenters. The number of hydrogen-bond acceptors (Lipinski definition) is 5. The number of benzene rings is 1. The minimum Gasteiger partial charge on any atom is -0.391 e. The lowest BCUT2D eigenvalue weighted by molar-refractivity contribution is 0.183. The second kappa shape index (κ2) is 7.59. The summed E-state index contributed by atoms with van der Waals surface area (Å²) in [6.45, 7) is 5.25. The Morgan fingerprint density at radius 2 is 1.71 bits per heavy atom. The first kappa shape index (κ1) is 15.3. The molecular weight excluding hydrogens is 264 g/mol. The molecule has 1 aromatic heterocycles. The van der Waals surface area contributed by atoms with Gasteiger partial charge in [-0.3, -0.25) is 0 Å². The summed E-state index contributed by atoms with van der Waals surface area (Å²) in [4.78, 5) is 9.03. The third-order valence-corrected chi connectivity index (χ3v) is 3.11. The average Bonchev–Trinajstić information content (AvgIpc) is 2.53. The summed E-state index contributed by atoms with van der Waals surface area (Å²) < 4.78 is 0. The van der Waals surface area contributed by atoms with E-state index in [0.717, 1.165) is 17.9 Å². The third kappa shape index (κ3) is 4.43. The van der Waals surface area contributed by atoms with Crippen LogP contribution in [0, 0.1) is 0 Å². The lowest BCUT2D eigenvalue weighted by atomic mass is 10.2. The van der Waals surface area contributed by atoms with Gasteiger partial charge in [-0.2, -0.15) is 0 Å². The molecule has 5 heteroatoms. The van der Waals surface area contributed by atoms with E-state index in [1.165, 1.54) is 0 Å². The Balaban J connectivity index is 2.26. The molecule has 0 bridgehead atoms. The molecule has 0 radical (unpaired) electrons. The van der Waals surface area contributed by atoms with Crippen molar-refractivity contribution in [1.29, 1.82) is 0 Å². The number of hydrogen-bond donors (Lipinski definition) is 3. The lowest BCUT2D eigenvalue weighted by Crippen LogP contribution is -2.19. The first-order valence-corrected chi connectivity index (χ1v) is 7.33. The Hall–Kier alpha value is -2.14. The van der Waals surface area contributed by atoms with Crippen LogP contribution in [0.3, 0.4) is 0 Å². The summed E-state index contributed by atoms with van der Waals surface area (Å²) in [5.74, 6) is 2.16. The van der Waals surface area contributed by atoms with E-state index in [2.05, 4.69) is 20.6 Å². The van der Waals surface area contributed by atoms with Gasteiger partial charge in [0.25, 0.3) is 0 Å². The van der Waals surface area contributed by atoms with Gasteiger partial charge in [0.05, 0.1) is 6.10 Å². The number of aliphatic hydroxyl groups is 1. The van der Waals surface area contributed by atoms with Crippen LogP contribution in [0.15, 0.2) is 36.4 Å². The maximum atomic E-state index is 9.66. The van der Waals surface area contributed by atoms with Crippen molar-refractivity contribution in [2.24, 2.45) is 0 Å². The molecule has 0 amide bonds. The first-order valence-electron chi connectivity index (χ1n) is 7.33. The van der Waals surface area contributed by atoms with Gasteiger partial charge in [-0.15, -0.1) is 0 Å². The van der Waals surface area contributed by atoms with Gasteiger partial charge >= 0.3 is 0 Å². The maximum absolute atomic E-state index is 9.66. The molecule has 1 aromatic carbocycles. The van der Waals surface area contributed by atoms with Gasteiger partial charge in [0.2, 0.25) is 0 Å². The predicted octanol–water partition coefficient (Wildman–Crippen LogP) is 2.76. The molecule has 21 heavy (non-hydrogen) atoms. The van der Waals surface area contributed by atoms with Crippen molar-refractivity contribution in [2.45, 2.75) is 26.4 Å². The van der Waals surface area contributed by atoms with Gasteiger partial charge in [0, 0.05) is 24.7 Å². The van der Waals surface area contributed by atoms with Crippen LogP contribution >= 0.6 is 0 Å². The summed E-state index contributed by atoms with van der Waals surface area (Å²) >= 11 is 0. The Labute approximate surface area is 125 Å². The molecule has 1 unspecified atom stereocenters. The van der Waals surface area contributed by atoms with Crippen LogP contribution in [-0.2, 0) is 0 Å². The number of nitrogens with zero attached hydrogens (tertiary/aromatic N) is 2. The van der Waals surface area contributed by atoms with Gasteiger partial charge in [-0.1, -0.05) is 37.3 Å². The molecule has 5 nitrogen and oxygen atoms in total. The third-order valence-electron chi connectivity index (χ3n) is 3.11. The first-order chi connectivity index (χ1) is 10.2. The fourth-order valence-electron chi connectivity index (χ4n) is 1.89. The van der Waals surface area contributed by atoms with Crippen molar-refractivity contribution in [1.82, 2.24) is 9.97 Å². The second-order valence-electron chi connectivity index (χ2n) is 4.80. The molecule has 0 fully saturated rings. The molecular formula is C16H22N4O. The van der Waals surface area contributed by atoms with Crippen LogP contribution in [0.25, 0.3) is 11.4 Å². The monoisotopic (exact) mass is 286 g/mol. The van der Waals surface area contributed by atoms with E-state index < -0.39 is 0 Å². The minimum atomic E-state index is -0.372. The smallest absolute Gasteiger partial charge is 0.163 e. The normalized spacial score (nSPS) is 12.0. The molecule has 0 aliphatic carbocycles. The summed E-state index contributed by atoms with van der Waals surface area (Å²) in [7, 11) is 0. The van der Waals surface area contributed by atoms with E-state index in [-0.39, 0.29) is 6.10 Å². The highest BCUT2D eigenvalue weighted by molar-refractivity contribution is 5.61. The predicted molar refractivity (Wildman–Crippen MR) is 86.4 cm³/mol. The van der Waals surface area contributed by atoms with Crippen LogP contribution < -0.4 is 10.6 Å². The zero-order chi connectivity index (χ0) is 15.1. The van der Waals surface area contributed by atoms with E-state index in [1.54, 1.807) is 0 Å². The van der Waals surface area contributed by atoms with Gasteiger partial charge in [-0.25, -0.2) is 9.97 Å². The van der Waals surface area contributed by atoms with E-state index in [0.29, 0.717) is 24.6 Å². The zero-order valence-electron chi connectivity index (χ0n) is 12.5. The van der Waals surface area contributed by atoms with Crippen molar-refractivity contribution in [3.05, 3.63) is 36.4 Å². The van der Waals surface area contributed by atoms with E-state index >= 15 is 0 Å². The highest BCUT2D eigenvalue weighted by atomic mass is 16.3. The molecule has 0 aliphatic heterocycles. The molecule has 3 N–H and O–H groups in total. The van der Waals surface area contributed by atoms with E-state index in [4.69, 9.17) is 0 Å². The summed E-state index contributed by atoms with van der Waals surface area (Å²) in [6.07, 6.45) is 0.340. The fraction of sp³-hybridized carbons (Fsp3) is 0.375. The molecule has 0 aliphatic rings. The molecule has 0 saturated heterocycles.